The number of nitrogens with zero attached hydrogens (tertiary/aromatic N) is 3. The predicted molar refractivity (Wildman–Crippen MR) is 75.1 cm³/mol. The van der Waals surface area contributed by atoms with Gasteiger partial charge >= 0.3 is 0 Å². The largest absolute Gasteiger partial charge is 0.396 e. The molecule has 0 atom stereocenters. The summed E-state index contributed by atoms with van der Waals surface area (Å²) < 4.78 is 1.80. The molecule has 1 N–H and O–H groups in total. The zero-order chi connectivity index (χ0) is 13.9. The second-order valence-corrected chi connectivity index (χ2v) is 5.83. The standard InChI is InChI=1S/C15H21N3O/c1-15(2,3)13-6-4-12(5-7-13)10-18-11-14(8-9-19)16-17-18/h4-7,11,19H,8-10H2,1-3H3. The van der Waals surface area contributed by atoms with Crippen LogP contribution in [0.25, 0.3) is 0 Å². The van der Waals surface area contributed by atoms with Gasteiger partial charge in [0.2, 0.25) is 0 Å². The molecule has 1 aromatic heterocycles. The van der Waals surface area contributed by atoms with Crippen molar-refractivity contribution in [2.45, 2.75) is 39.2 Å². The third-order valence-electron chi connectivity index (χ3n) is 3.12. The summed E-state index contributed by atoms with van der Waals surface area (Å²) in [5.41, 5.74) is 3.54. The third kappa shape index (κ3) is 3.64. The molecule has 0 saturated heterocycles. The topological polar surface area (TPSA) is 50.9 Å². The minimum atomic E-state index is 0.110. The van der Waals surface area contributed by atoms with Gasteiger partial charge < -0.3 is 5.11 Å². The zero-order valence-corrected chi connectivity index (χ0v) is 11.8. The van der Waals surface area contributed by atoms with Crippen LogP contribution in [-0.2, 0) is 18.4 Å². The second-order valence-electron chi connectivity index (χ2n) is 5.83. The first kappa shape index (κ1) is 13.7. The second kappa shape index (κ2) is 5.53. The van der Waals surface area contributed by atoms with Gasteiger partial charge in [0, 0.05) is 19.2 Å². The lowest BCUT2D eigenvalue weighted by Crippen LogP contribution is -2.11. The molecule has 0 saturated carbocycles. The van der Waals surface area contributed by atoms with Gasteiger partial charge in [0.15, 0.2) is 0 Å². The molecule has 0 spiro atoms. The third-order valence-corrected chi connectivity index (χ3v) is 3.12. The molecule has 102 valence electrons. The molecule has 1 aromatic carbocycles. The van der Waals surface area contributed by atoms with Crippen LogP contribution in [0.2, 0.25) is 0 Å². The number of rotatable bonds is 4. The van der Waals surface area contributed by atoms with E-state index in [1.165, 1.54) is 11.1 Å². The highest BCUT2D eigenvalue weighted by molar-refractivity contribution is 5.27. The van der Waals surface area contributed by atoms with Crippen LogP contribution < -0.4 is 0 Å². The monoisotopic (exact) mass is 259 g/mol. The predicted octanol–water partition coefficient (Wildman–Crippen LogP) is 2.16. The maximum absolute atomic E-state index is 8.85. The molecule has 19 heavy (non-hydrogen) atoms. The molecular weight excluding hydrogens is 238 g/mol. The van der Waals surface area contributed by atoms with E-state index in [-0.39, 0.29) is 12.0 Å². The molecule has 2 aromatic rings. The lowest BCUT2D eigenvalue weighted by atomic mass is 9.87. The first-order valence-corrected chi connectivity index (χ1v) is 6.58. The van der Waals surface area contributed by atoms with Crippen molar-refractivity contribution in [1.82, 2.24) is 15.0 Å². The minimum absolute atomic E-state index is 0.110. The number of aromatic nitrogens is 3. The summed E-state index contributed by atoms with van der Waals surface area (Å²) in [6.45, 7) is 7.45. The van der Waals surface area contributed by atoms with Crippen molar-refractivity contribution in [1.29, 1.82) is 0 Å². The average molecular weight is 259 g/mol. The van der Waals surface area contributed by atoms with E-state index in [0.717, 1.165) is 5.69 Å². The first-order valence-electron chi connectivity index (χ1n) is 6.58. The maximum atomic E-state index is 8.85. The Bertz CT molecular complexity index is 523. The lowest BCUT2D eigenvalue weighted by Gasteiger charge is -2.19. The number of aliphatic hydroxyl groups is 1. The van der Waals surface area contributed by atoms with Gasteiger partial charge in [-0.3, -0.25) is 0 Å². The fourth-order valence-corrected chi connectivity index (χ4v) is 1.94. The van der Waals surface area contributed by atoms with Crippen molar-refractivity contribution >= 4 is 0 Å². The van der Waals surface area contributed by atoms with Crippen LogP contribution in [0.1, 0.15) is 37.6 Å². The summed E-state index contributed by atoms with van der Waals surface area (Å²) in [4.78, 5) is 0. The molecule has 0 aliphatic rings. The van der Waals surface area contributed by atoms with Gasteiger partial charge in [-0.1, -0.05) is 50.3 Å². The van der Waals surface area contributed by atoms with Crippen LogP contribution in [-0.4, -0.2) is 26.7 Å². The van der Waals surface area contributed by atoms with E-state index in [1.807, 2.05) is 6.20 Å². The summed E-state index contributed by atoms with van der Waals surface area (Å²) in [5.74, 6) is 0. The van der Waals surface area contributed by atoms with Crippen molar-refractivity contribution in [2.75, 3.05) is 6.61 Å². The smallest absolute Gasteiger partial charge is 0.0850 e. The highest BCUT2D eigenvalue weighted by Gasteiger charge is 2.12. The normalized spacial score (nSPS) is 11.8. The van der Waals surface area contributed by atoms with Gasteiger partial charge in [-0.25, -0.2) is 4.68 Å². The van der Waals surface area contributed by atoms with E-state index in [9.17, 15) is 0 Å². The zero-order valence-electron chi connectivity index (χ0n) is 11.8. The van der Waals surface area contributed by atoms with E-state index in [0.29, 0.717) is 13.0 Å². The van der Waals surface area contributed by atoms with E-state index in [2.05, 4.69) is 55.3 Å². The highest BCUT2D eigenvalue weighted by Crippen LogP contribution is 2.22. The molecule has 0 unspecified atom stereocenters. The van der Waals surface area contributed by atoms with Crippen LogP contribution in [0.5, 0.6) is 0 Å². The fourth-order valence-electron chi connectivity index (χ4n) is 1.94. The van der Waals surface area contributed by atoms with E-state index >= 15 is 0 Å². The van der Waals surface area contributed by atoms with Crippen LogP contribution in [0, 0.1) is 0 Å². The van der Waals surface area contributed by atoms with Gasteiger partial charge in [-0.05, 0) is 16.5 Å². The van der Waals surface area contributed by atoms with Crippen molar-refractivity contribution in [2.24, 2.45) is 0 Å². The van der Waals surface area contributed by atoms with Crippen molar-refractivity contribution in [3.05, 3.63) is 47.3 Å². The Morgan fingerprint density at radius 2 is 1.84 bits per heavy atom. The quantitative estimate of drug-likeness (QED) is 0.915. The Morgan fingerprint density at radius 1 is 1.16 bits per heavy atom. The molecule has 4 heteroatoms. The van der Waals surface area contributed by atoms with E-state index < -0.39 is 0 Å². The lowest BCUT2D eigenvalue weighted by molar-refractivity contribution is 0.298. The van der Waals surface area contributed by atoms with E-state index in [1.54, 1.807) is 4.68 Å². The molecule has 4 nitrogen and oxygen atoms in total. The fraction of sp³-hybridized carbons (Fsp3) is 0.467. The van der Waals surface area contributed by atoms with Crippen LogP contribution in [0.3, 0.4) is 0 Å². The molecule has 0 aliphatic carbocycles. The number of hydrogen-bond donors (Lipinski definition) is 1. The molecule has 2 rings (SSSR count). The van der Waals surface area contributed by atoms with Crippen LogP contribution >= 0.6 is 0 Å². The van der Waals surface area contributed by atoms with Gasteiger partial charge in [0.25, 0.3) is 0 Å². The van der Waals surface area contributed by atoms with Crippen molar-refractivity contribution in [3.8, 4) is 0 Å². The van der Waals surface area contributed by atoms with Crippen LogP contribution in [0.4, 0.5) is 0 Å². The molecule has 0 aliphatic heterocycles. The van der Waals surface area contributed by atoms with Gasteiger partial charge in [0.05, 0.1) is 12.2 Å². The van der Waals surface area contributed by atoms with Gasteiger partial charge in [-0.15, -0.1) is 5.10 Å². The molecule has 0 bridgehead atoms. The highest BCUT2D eigenvalue weighted by atomic mass is 16.3. The Balaban J connectivity index is 2.06. The maximum Gasteiger partial charge on any atom is 0.0850 e. The number of hydrogen-bond acceptors (Lipinski definition) is 3. The van der Waals surface area contributed by atoms with Crippen molar-refractivity contribution in [3.63, 3.8) is 0 Å². The van der Waals surface area contributed by atoms with E-state index in [4.69, 9.17) is 5.11 Å². The summed E-state index contributed by atoms with van der Waals surface area (Å²) in [5, 5.41) is 16.9. The summed E-state index contributed by atoms with van der Waals surface area (Å²) in [7, 11) is 0. The summed E-state index contributed by atoms with van der Waals surface area (Å²) in [6, 6.07) is 8.60. The Hall–Kier alpha value is -1.68. The van der Waals surface area contributed by atoms with Gasteiger partial charge in [0.1, 0.15) is 0 Å². The SMILES string of the molecule is CC(C)(C)c1ccc(Cn2cc(CCO)nn2)cc1. The molecule has 0 fully saturated rings. The Morgan fingerprint density at radius 3 is 2.42 bits per heavy atom. The molecule has 0 amide bonds. The first-order chi connectivity index (χ1) is 8.99. The minimum Gasteiger partial charge on any atom is -0.396 e. The Kier molecular flexibility index (Phi) is 4.00. The Labute approximate surface area is 114 Å². The summed E-state index contributed by atoms with van der Waals surface area (Å²) >= 11 is 0. The summed E-state index contributed by atoms with van der Waals surface area (Å²) in [6.07, 6.45) is 2.44. The molecule has 0 radical (unpaired) electrons. The van der Waals surface area contributed by atoms with Gasteiger partial charge in [-0.2, -0.15) is 0 Å². The molecule has 1 heterocycles. The number of benzene rings is 1. The molecular formula is C15H21N3O. The number of aliphatic hydroxyl groups excluding tert-OH is 1. The average Bonchev–Trinajstić information content (AvgIpc) is 2.77. The van der Waals surface area contributed by atoms with Crippen molar-refractivity contribution < 1.29 is 5.11 Å². The van der Waals surface area contributed by atoms with Crippen LogP contribution in [0.15, 0.2) is 30.5 Å².